The number of aryl methyl sites for hydroxylation is 1. The van der Waals surface area contributed by atoms with E-state index in [9.17, 15) is 4.79 Å². The summed E-state index contributed by atoms with van der Waals surface area (Å²) in [5.74, 6) is 0.708. The van der Waals surface area contributed by atoms with Crippen LogP contribution >= 0.6 is 0 Å². The molecule has 25 heavy (non-hydrogen) atoms. The molecule has 0 aromatic carbocycles. The van der Waals surface area contributed by atoms with Gasteiger partial charge in [0.15, 0.2) is 0 Å². The summed E-state index contributed by atoms with van der Waals surface area (Å²) in [4.78, 5) is 27.1. The number of pyridine rings is 1. The highest BCUT2D eigenvalue weighted by Crippen LogP contribution is 2.12. The van der Waals surface area contributed by atoms with E-state index in [1.807, 2.05) is 37.4 Å². The molecule has 7 nitrogen and oxygen atoms in total. The third kappa shape index (κ3) is 5.49. The molecule has 7 heteroatoms. The normalized spacial score (nSPS) is 15.7. The maximum absolute atomic E-state index is 12.1. The van der Waals surface area contributed by atoms with E-state index in [0.29, 0.717) is 12.4 Å². The van der Waals surface area contributed by atoms with Gasteiger partial charge in [0.05, 0.1) is 17.9 Å². The van der Waals surface area contributed by atoms with E-state index in [4.69, 9.17) is 0 Å². The number of carbonyl (C=O) groups is 1. The van der Waals surface area contributed by atoms with Crippen LogP contribution < -0.4 is 10.6 Å². The molecule has 2 N–H and O–H groups in total. The van der Waals surface area contributed by atoms with Crippen molar-refractivity contribution in [3.63, 3.8) is 0 Å². The number of hydrogen-bond acceptors (Lipinski definition) is 5. The Bertz CT molecular complexity index is 685. The van der Waals surface area contributed by atoms with Crippen molar-refractivity contribution in [1.82, 2.24) is 30.5 Å². The summed E-state index contributed by atoms with van der Waals surface area (Å²) in [5.41, 5.74) is 1.90. The standard InChI is InChI=1S/C18H24N6O/c1-14-19-9-5-16(22-14)12-21-18(25)23-15-6-10-24(11-7-15)13-17-4-2-3-8-20-17/h2-5,8-9,15H,6-7,10-13H2,1H3,(H2,21,23,25). The van der Waals surface area contributed by atoms with Gasteiger partial charge in [0, 0.05) is 38.1 Å². The molecule has 2 aromatic rings. The zero-order chi connectivity index (χ0) is 17.5. The van der Waals surface area contributed by atoms with Gasteiger partial charge >= 0.3 is 6.03 Å². The predicted octanol–water partition coefficient (Wildman–Crippen LogP) is 1.64. The molecule has 1 aliphatic rings. The second kappa shape index (κ2) is 8.53. The summed E-state index contributed by atoms with van der Waals surface area (Å²) >= 11 is 0. The first-order valence-electron chi connectivity index (χ1n) is 8.64. The molecule has 0 unspecified atom stereocenters. The highest BCUT2D eigenvalue weighted by Gasteiger charge is 2.20. The quantitative estimate of drug-likeness (QED) is 0.865. The van der Waals surface area contributed by atoms with Crippen molar-refractivity contribution in [2.45, 2.75) is 38.9 Å². The molecule has 1 saturated heterocycles. The van der Waals surface area contributed by atoms with Crippen LogP contribution in [0.4, 0.5) is 4.79 Å². The largest absolute Gasteiger partial charge is 0.335 e. The van der Waals surface area contributed by atoms with Gasteiger partial charge in [-0.1, -0.05) is 6.07 Å². The Balaban J connectivity index is 1.37. The SMILES string of the molecule is Cc1nccc(CNC(=O)NC2CCN(Cc3ccccn3)CC2)n1. The molecule has 0 radical (unpaired) electrons. The molecule has 0 aliphatic carbocycles. The van der Waals surface area contributed by atoms with Crippen LogP contribution in [0.3, 0.4) is 0 Å². The van der Waals surface area contributed by atoms with E-state index >= 15 is 0 Å². The van der Waals surface area contributed by atoms with Gasteiger partial charge in [-0.25, -0.2) is 14.8 Å². The number of amides is 2. The molecule has 1 fully saturated rings. The molecule has 3 rings (SSSR count). The fourth-order valence-electron chi connectivity index (χ4n) is 2.97. The lowest BCUT2D eigenvalue weighted by Gasteiger charge is -2.32. The second-order valence-electron chi connectivity index (χ2n) is 6.29. The summed E-state index contributed by atoms with van der Waals surface area (Å²) in [7, 11) is 0. The Kier molecular flexibility index (Phi) is 5.90. The van der Waals surface area contributed by atoms with Gasteiger partial charge < -0.3 is 10.6 Å². The minimum absolute atomic E-state index is 0.139. The average Bonchev–Trinajstić information content (AvgIpc) is 2.63. The van der Waals surface area contributed by atoms with Gasteiger partial charge in [-0.2, -0.15) is 0 Å². The van der Waals surface area contributed by atoms with Crippen molar-refractivity contribution < 1.29 is 4.79 Å². The lowest BCUT2D eigenvalue weighted by atomic mass is 10.1. The Labute approximate surface area is 147 Å². The average molecular weight is 340 g/mol. The van der Waals surface area contributed by atoms with Gasteiger partial charge in [0.2, 0.25) is 0 Å². The summed E-state index contributed by atoms with van der Waals surface area (Å²) in [6.07, 6.45) is 5.43. The lowest BCUT2D eigenvalue weighted by Crippen LogP contribution is -2.47. The Morgan fingerprint density at radius 2 is 2.00 bits per heavy atom. The first-order chi connectivity index (χ1) is 12.2. The highest BCUT2D eigenvalue weighted by molar-refractivity contribution is 5.74. The maximum Gasteiger partial charge on any atom is 0.315 e. The minimum Gasteiger partial charge on any atom is -0.335 e. The number of nitrogens with zero attached hydrogens (tertiary/aromatic N) is 4. The fourth-order valence-corrected chi connectivity index (χ4v) is 2.97. The van der Waals surface area contributed by atoms with E-state index in [-0.39, 0.29) is 12.1 Å². The van der Waals surface area contributed by atoms with Crippen LogP contribution in [0.15, 0.2) is 36.7 Å². The Morgan fingerprint density at radius 3 is 2.72 bits per heavy atom. The summed E-state index contributed by atoms with van der Waals surface area (Å²) < 4.78 is 0. The number of likely N-dealkylation sites (tertiary alicyclic amines) is 1. The van der Waals surface area contributed by atoms with E-state index in [2.05, 4.69) is 30.5 Å². The first-order valence-corrected chi connectivity index (χ1v) is 8.64. The van der Waals surface area contributed by atoms with Crippen LogP contribution in [-0.2, 0) is 13.1 Å². The maximum atomic E-state index is 12.1. The van der Waals surface area contributed by atoms with E-state index in [0.717, 1.165) is 43.9 Å². The zero-order valence-electron chi connectivity index (χ0n) is 14.5. The van der Waals surface area contributed by atoms with Gasteiger partial charge in [-0.3, -0.25) is 9.88 Å². The summed E-state index contributed by atoms with van der Waals surface area (Å²) in [6.45, 7) is 5.04. The van der Waals surface area contributed by atoms with Crippen LogP contribution in [0.1, 0.15) is 30.1 Å². The van der Waals surface area contributed by atoms with E-state index < -0.39 is 0 Å². The number of carbonyl (C=O) groups excluding carboxylic acids is 1. The first kappa shape index (κ1) is 17.3. The topological polar surface area (TPSA) is 83.0 Å². The predicted molar refractivity (Wildman–Crippen MR) is 94.7 cm³/mol. The highest BCUT2D eigenvalue weighted by atomic mass is 16.2. The molecular formula is C18H24N6O. The van der Waals surface area contributed by atoms with Crippen molar-refractivity contribution in [3.05, 3.63) is 53.9 Å². The van der Waals surface area contributed by atoms with Gasteiger partial charge in [-0.15, -0.1) is 0 Å². The van der Waals surface area contributed by atoms with Crippen molar-refractivity contribution in [2.24, 2.45) is 0 Å². The molecule has 2 amide bonds. The monoisotopic (exact) mass is 340 g/mol. The molecule has 132 valence electrons. The van der Waals surface area contributed by atoms with Gasteiger partial charge in [-0.05, 0) is 38.0 Å². The van der Waals surface area contributed by atoms with Crippen molar-refractivity contribution in [1.29, 1.82) is 0 Å². The molecule has 1 aliphatic heterocycles. The fraction of sp³-hybridized carbons (Fsp3) is 0.444. The lowest BCUT2D eigenvalue weighted by molar-refractivity contribution is 0.185. The number of piperidine rings is 1. The van der Waals surface area contributed by atoms with Crippen LogP contribution in [0.2, 0.25) is 0 Å². The molecule has 0 spiro atoms. The Hall–Kier alpha value is -2.54. The summed E-state index contributed by atoms with van der Waals surface area (Å²) in [5, 5.41) is 5.91. The number of hydrogen-bond donors (Lipinski definition) is 2. The molecule has 0 bridgehead atoms. The third-order valence-corrected chi connectivity index (χ3v) is 4.30. The molecular weight excluding hydrogens is 316 g/mol. The number of urea groups is 1. The van der Waals surface area contributed by atoms with Crippen molar-refractivity contribution in [3.8, 4) is 0 Å². The second-order valence-corrected chi connectivity index (χ2v) is 6.29. The molecule has 3 heterocycles. The number of nitrogens with one attached hydrogen (secondary N) is 2. The summed E-state index contributed by atoms with van der Waals surface area (Å²) in [6, 6.07) is 7.88. The van der Waals surface area contributed by atoms with Crippen molar-refractivity contribution in [2.75, 3.05) is 13.1 Å². The third-order valence-electron chi connectivity index (χ3n) is 4.30. The minimum atomic E-state index is -0.139. The molecule has 0 atom stereocenters. The van der Waals surface area contributed by atoms with Crippen LogP contribution in [0.25, 0.3) is 0 Å². The van der Waals surface area contributed by atoms with Crippen LogP contribution in [-0.4, -0.2) is 45.0 Å². The van der Waals surface area contributed by atoms with E-state index in [1.54, 1.807) is 6.20 Å². The van der Waals surface area contributed by atoms with Gasteiger partial charge in [0.1, 0.15) is 5.82 Å². The van der Waals surface area contributed by atoms with Crippen LogP contribution in [0, 0.1) is 6.92 Å². The number of rotatable bonds is 5. The number of aromatic nitrogens is 3. The van der Waals surface area contributed by atoms with Crippen LogP contribution in [0.5, 0.6) is 0 Å². The van der Waals surface area contributed by atoms with Gasteiger partial charge in [0.25, 0.3) is 0 Å². The zero-order valence-corrected chi connectivity index (χ0v) is 14.5. The smallest absolute Gasteiger partial charge is 0.315 e. The molecule has 0 saturated carbocycles. The Morgan fingerprint density at radius 1 is 1.16 bits per heavy atom. The molecule has 2 aromatic heterocycles. The van der Waals surface area contributed by atoms with Crippen molar-refractivity contribution >= 4 is 6.03 Å². The van der Waals surface area contributed by atoms with E-state index in [1.165, 1.54) is 0 Å².